The van der Waals surface area contributed by atoms with E-state index in [2.05, 4.69) is 23.8 Å². The van der Waals surface area contributed by atoms with Gasteiger partial charge in [-0.15, -0.1) is 11.6 Å². The minimum absolute atomic E-state index is 0.224. The highest BCUT2D eigenvalue weighted by molar-refractivity contribution is 6.17. The predicted molar refractivity (Wildman–Crippen MR) is 74.9 cm³/mol. The highest BCUT2D eigenvalue weighted by atomic mass is 35.5. The number of hydrogen-bond acceptors (Lipinski definition) is 2. The Morgan fingerprint density at radius 3 is 2.58 bits per heavy atom. The molecule has 0 saturated carbocycles. The Hall–Kier alpha value is -1.48. The van der Waals surface area contributed by atoms with E-state index in [4.69, 9.17) is 11.6 Å². The lowest BCUT2D eigenvalue weighted by Gasteiger charge is -2.11. The molecule has 1 aromatic carbocycles. The van der Waals surface area contributed by atoms with Crippen molar-refractivity contribution in [3.8, 4) is 0 Å². The second kappa shape index (κ2) is 6.11. The van der Waals surface area contributed by atoms with Crippen LogP contribution in [0, 0.1) is 5.82 Å². The summed E-state index contributed by atoms with van der Waals surface area (Å²) in [6, 6.07) is 6.69. The largest absolute Gasteiger partial charge is 0.241 e. The van der Waals surface area contributed by atoms with Crippen molar-refractivity contribution in [2.24, 2.45) is 0 Å². The van der Waals surface area contributed by atoms with Gasteiger partial charge in [0.05, 0.1) is 11.6 Å². The molecule has 0 unspecified atom stereocenters. The fourth-order valence-corrected chi connectivity index (χ4v) is 2.16. The molecule has 0 amide bonds. The summed E-state index contributed by atoms with van der Waals surface area (Å²) in [6.45, 7) is 4.12. The van der Waals surface area contributed by atoms with Crippen LogP contribution >= 0.6 is 11.6 Å². The summed E-state index contributed by atoms with van der Waals surface area (Å²) in [7, 11) is 0. The van der Waals surface area contributed by atoms with Crippen molar-refractivity contribution in [2.75, 3.05) is 0 Å². The van der Waals surface area contributed by atoms with Gasteiger partial charge in [-0.05, 0) is 17.5 Å². The number of alkyl halides is 1. The summed E-state index contributed by atoms with van der Waals surface area (Å²) in [6.07, 6.45) is 2.14. The molecule has 0 saturated heterocycles. The Kier molecular flexibility index (Phi) is 4.48. The molecule has 2 rings (SSSR count). The van der Waals surface area contributed by atoms with Crippen LogP contribution in [-0.4, -0.2) is 9.97 Å². The van der Waals surface area contributed by atoms with Crippen LogP contribution in [0.3, 0.4) is 0 Å². The number of rotatable bonds is 4. The monoisotopic (exact) mass is 278 g/mol. The normalized spacial score (nSPS) is 11.0. The summed E-state index contributed by atoms with van der Waals surface area (Å²) >= 11 is 5.87. The Bertz CT molecular complexity index is 570. The molecule has 2 nitrogen and oxygen atoms in total. The third-order valence-corrected chi connectivity index (χ3v) is 3.23. The van der Waals surface area contributed by atoms with Gasteiger partial charge in [0.2, 0.25) is 0 Å². The molecular weight excluding hydrogens is 263 g/mol. The first kappa shape index (κ1) is 13.9. The Morgan fingerprint density at radius 1 is 1.21 bits per heavy atom. The summed E-state index contributed by atoms with van der Waals surface area (Å²) in [4.78, 5) is 8.78. The highest BCUT2D eigenvalue weighted by Gasteiger charge is 2.11. The van der Waals surface area contributed by atoms with Crippen LogP contribution in [-0.2, 0) is 12.3 Å². The molecule has 0 aliphatic carbocycles. The first-order valence-corrected chi connectivity index (χ1v) is 6.79. The Morgan fingerprint density at radius 2 is 1.95 bits per heavy atom. The zero-order chi connectivity index (χ0) is 13.8. The van der Waals surface area contributed by atoms with Gasteiger partial charge in [0.15, 0.2) is 0 Å². The third kappa shape index (κ3) is 3.29. The van der Waals surface area contributed by atoms with Gasteiger partial charge < -0.3 is 0 Å². The molecule has 0 aliphatic heterocycles. The van der Waals surface area contributed by atoms with Crippen molar-refractivity contribution >= 4 is 11.6 Å². The van der Waals surface area contributed by atoms with Crippen LogP contribution in [0.5, 0.6) is 0 Å². The van der Waals surface area contributed by atoms with Crippen LogP contribution in [0.15, 0.2) is 30.5 Å². The molecule has 0 aliphatic rings. The first-order chi connectivity index (χ1) is 9.11. The average Bonchev–Trinajstić information content (AvgIpc) is 2.41. The van der Waals surface area contributed by atoms with E-state index >= 15 is 0 Å². The van der Waals surface area contributed by atoms with E-state index in [9.17, 15) is 4.39 Å². The quantitative estimate of drug-likeness (QED) is 0.788. The second-order valence-corrected chi connectivity index (χ2v) is 5.02. The number of nitrogens with zero attached hydrogens (tertiary/aromatic N) is 2. The minimum atomic E-state index is -0.224. The molecule has 0 spiro atoms. The lowest BCUT2D eigenvalue weighted by Crippen LogP contribution is -2.06. The van der Waals surface area contributed by atoms with Gasteiger partial charge in [-0.1, -0.05) is 32.0 Å². The number of hydrogen-bond donors (Lipinski definition) is 0. The summed E-state index contributed by atoms with van der Waals surface area (Å²) < 4.78 is 13.6. The lowest BCUT2D eigenvalue weighted by molar-refractivity contribution is 0.611. The predicted octanol–water partition coefficient (Wildman–Crippen LogP) is 4.07. The molecule has 0 N–H and O–H groups in total. The summed E-state index contributed by atoms with van der Waals surface area (Å²) in [5, 5.41) is 0. The van der Waals surface area contributed by atoms with Crippen molar-refractivity contribution in [1.82, 2.24) is 9.97 Å². The SMILES string of the molecule is CC(C)c1nc(Cc2ccccc2F)ncc1CCl. The van der Waals surface area contributed by atoms with Crippen LogP contribution in [0.1, 0.15) is 42.4 Å². The standard InChI is InChI=1S/C15H16ClFN2/c1-10(2)15-12(8-16)9-18-14(19-15)7-11-5-3-4-6-13(11)17/h3-6,9-10H,7-8H2,1-2H3. The van der Waals surface area contributed by atoms with E-state index in [1.807, 2.05) is 6.07 Å². The minimum Gasteiger partial charge on any atom is -0.241 e. The van der Waals surface area contributed by atoms with Gasteiger partial charge in [-0.2, -0.15) is 0 Å². The van der Waals surface area contributed by atoms with E-state index in [1.165, 1.54) is 6.07 Å². The van der Waals surface area contributed by atoms with Crippen molar-refractivity contribution < 1.29 is 4.39 Å². The van der Waals surface area contributed by atoms with Crippen molar-refractivity contribution in [3.05, 3.63) is 58.9 Å². The first-order valence-electron chi connectivity index (χ1n) is 6.26. The summed E-state index contributed by atoms with van der Waals surface area (Å²) in [5.41, 5.74) is 2.49. The smallest absolute Gasteiger partial charge is 0.133 e. The molecule has 0 radical (unpaired) electrons. The van der Waals surface area contributed by atoms with Crippen LogP contribution < -0.4 is 0 Å². The van der Waals surface area contributed by atoms with Crippen LogP contribution in [0.2, 0.25) is 0 Å². The molecule has 0 fully saturated rings. The number of halogens is 2. The maximum Gasteiger partial charge on any atom is 0.133 e. The molecule has 1 aromatic heterocycles. The van der Waals surface area contributed by atoms with Crippen molar-refractivity contribution in [2.45, 2.75) is 32.1 Å². The highest BCUT2D eigenvalue weighted by Crippen LogP contribution is 2.19. The zero-order valence-electron chi connectivity index (χ0n) is 11.0. The molecule has 1 heterocycles. The third-order valence-electron chi connectivity index (χ3n) is 2.95. The molecule has 100 valence electrons. The average molecular weight is 279 g/mol. The molecule has 2 aromatic rings. The van der Waals surface area contributed by atoms with Gasteiger partial charge >= 0.3 is 0 Å². The van der Waals surface area contributed by atoms with E-state index in [0.717, 1.165) is 11.3 Å². The topological polar surface area (TPSA) is 25.8 Å². The Balaban J connectivity index is 2.31. The summed E-state index contributed by atoms with van der Waals surface area (Å²) in [5.74, 6) is 1.07. The van der Waals surface area contributed by atoms with Gasteiger partial charge in [0.25, 0.3) is 0 Å². The van der Waals surface area contributed by atoms with E-state index < -0.39 is 0 Å². The maximum atomic E-state index is 13.6. The lowest BCUT2D eigenvalue weighted by atomic mass is 10.1. The maximum absolute atomic E-state index is 13.6. The number of aromatic nitrogens is 2. The molecule has 19 heavy (non-hydrogen) atoms. The van der Waals surface area contributed by atoms with Crippen molar-refractivity contribution in [1.29, 1.82) is 0 Å². The fourth-order valence-electron chi connectivity index (χ4n) is 1.96. The van der Waals surface area contributed by atoms with Crippen LogP contribution in [0.4, 0.5) is 4.39 Å². The van der Waals surface area contributed by atoms with E-state index in [-0.39, 0.29) is 11.7 Å². The molecule has 4 heteroatoms. The molecule has 0 atom stereocenters. The van der Waals surface area contributed by atoms with Gasteiger partial charge in [-0.3, -0.25) is 0 Å². The second-order valence-electron chi connectivity index (χ2n) is 4.75. The van der Waals surface area contributed by atoms with E-state index in [1.54, 1.807) is 18.3 Å². The molecular formula is C15H16ClFN2. The van der Waals surface area contributed by atoms with Gasteiger partial charge in [0, 0.05) is 18.2 Å². The van der Waals surface area contributed by atoms with E-state index in [0.29, 0.717) is 23.7 Å². The number of benzene rings is 1. The van der Waals surface area contributed by atoms with Crippen LogP contribution in [0.25, 0.3) is 0 Å². The van der Waals surface area contributed by atoms with Crippen molar-refractivity contribution in [3.63, 3.8) is 0 Å². The van der Waals surface area contributed by atoms with Gasteiger partial charge in [0.1, 0.15) is 11.6 Å². The Labute approximate surface area is 117 Å². The fraction of sp³-hybridized carbons (Fsp3) is 0.333. The molecule has 0 bridgehead atoms. The van der Waals surface area contributed by atoms with Gasteiger partial charge in [-0.25, -0.2) is 14.4 Å². The zero-order valence-corrected chi connectivity index (χ0v) is 11.8.